The summed E-state index contributed by atoms with van der Waals surface area (Å²) in [7, 11) is 0. The molecule has 3 N–H and O–H groups in total. The van der Waals surface area contributed by atoms with Crippen LogP contribution in [0.25, 0.3) is 0 Å². The summed E-state index contributed by atoms with van der Waals surface area (Å²) in [5.74, 6) is 0.870. The van der Waals surface area contributed by atoms with Gasteiger partial charge in [0, 0.05) is 5.56 Å². The first-order chi connectivity index (χ1) is 9.22. The molecule has 1 aromatic rings. The van der Waals surface area contributed by atoms with Crippen LogP contribution in [0, 0.1) is 0 Å². The van der Waals surface area contributed by atoms with Crippen molar-refractivity contribution in [1.82, 2.24) is 0 Å². The van der Waals surface area contributed by atoms with E-state index in [4.69, 9.17) is 10.5 Å². The van der Waals surface area contributed by atoms with Gasteiger partial charge in [-0.1, -0.05) is 12.1 Å². The molecule has 0 aliphatic carbocycles. The van der Waals surface area contributed by atoms with E-state index in [1.165, 1.54) is 6.42 Å². The molecule has 106 valence electrons. The normalized spacial score (nSPS) is 18.2. The molecule has 0 amide bonds. The summed E-state index contributed by atoms with van der Waals surface area (Å²) < 4.78 is 5.81. The Balaban J connectivity index is 1.94. The lowest BCUT2D eigenvalue weighted by atomic mass is 10.1. The highest BCUT2D eigenvalue weighted by Crippen LogP contribution is 2.22. The van der Waals surface area contributed by atoms with Crippen molar-refractivity contribution in [1.29, 1.82) is 0 Å². The first kappa shape index (κ1) is 14.3. The Morgan fingerprint density at radius 1 is 1.21 bits per heavy atom. The molecule has 2 rings (SSSR count). The zero-order valence-corrected chi connectivity index (χ0v) is 11.6. The van der Waals surface area contributed by atoms with Gasteiger partial charge in [-0.2, -0.15) is 4.65 Å². The minimum atomic E-state index is 0.173. The van der Waals surface area contributed by atoms with Gasteiger partial charge in [0.25, 0.3) is 0 Å². The van der Waals surface area contributed by atoms with Crippen molar-refractivity contribution in [2.75, 3.05) is 26.2 Å². The monoisotopic (exact) mass is 265 g/mol. The molecule has 1 aliphatic rings. The number of rotatable bonds is 6. The largest absolute Gasteiger partial charge is 0.494 e. The van der Waals surface area contributed by atoms with Crippen LogP contribution >= 0.6 is 0 Å². The Hall–Kier alpha value is -1.10. The van der Waals surface area contributed by atoms with Gasteiger partial charge in [-0.05, 0) is 44.4 Å². The first-order valence-corrected chi connectivity index (χ1v) is 7.22. The fourth-order valence-corrected chi connectivity index (χ4v) is 2.61. The van der Waals surface area contributed by atoms with E-state index in [-0.39, 0.29) is 4.65 Å². The smallest absolute Gasteiger partial charge is 0.134 e. The van der Waals surface area contributed by atoms with Gasteiger partial charge in [-0.25, -0.2) is 5.21 Å². The van der Waals surface area contributed by atoms with Crippen molar-refractivity contribution in [2.24, 2.45) is 5.73 Å². The summed E-state index contributed by atoms with van der Waals surface area (Å²) in [6.45, 7) is 3.69. The number of hydroxylamine groups is 3. The molecule has 0 saturated carbocycles. The summed E-state index contributed by atoms with van der Waals surface area (Å²) in [6, 6.07) is 8.03. The van der Waals surface area contributed by atoms with E-state index in [0.29, 0.717) is 19.7 Å². The quantitative estimate of drug-likeness (QED) is 0.613. The molecule has 0 bridgehead atoms. The molecule has 1 aliphatic heterocycles. The molecule has 1 saturated heterocycles. The first-order valence-electron chi connectivity index (χ1n) is 7.22. The Bertz CT molecular complexity index is 389. The summed E-state index contributed by atoms with van der Waals surface area (Å²) >= 11 is 0. The average Bonchev–Trinajstić information content (AvgIpc) is 2.40. The number of nitrogens with two attached hydrogens (primary N) is 1. The number of hydrogen-bond donors (Lipinski definition) is 2. The summed E-state index contributed by atoms with van der Waals surface area (Å²) in [6.07, 6.45) is 4.33. The maximum atomic E-state index is 10.5. The van der Waals surface area contributed by atoms with Crippen molar-refractivity contribution in [2.45, 2.75) is 32.2 Å². The fraction of sp³-hybridized carbons (Fsp3) is 0.600. The van der Waals surface area contributed by atoms with Gasteiger partial charge < -0.3 is 10.5 Å². The second-order valence-corrected chi connectivity index (χ2v) is 5.40. The third-order valence-corrected chi connectivity index (χ3v) is 3.64. The highest BCUT2D eigenvalue weighted by molar-refractivity contribution is 5.28. The maximum absolute atomic E-state index is 10.5. The standard InChI is InChI=1S/C15H25N2O2/c16-8-5-11-19-15-7-4-6-14(12-15)13-17(18)9-2-1-3-10-17/h4,6-7,12,18H,1-3,5,8-11,13,16H2/q+1. The van der Waals surface area contributed by atoms with Gasteiger partial charge in [0.15, 0.2) is 0 Å². The van der Waals surface area contributed by atoms with Crippen molar-refractivity contribution >= 4 is 0 Å². The topological polar surface area (TPSA) is 55.5 Å². The van der Waals surface area contributed by atoms with E-state index in [2.05, 4.69) is 6.07 Å². The molecule has 0 radical (unpaired) electrons. The zero-order valence-electron chi connectivity index (χ0n) is 11.6. The molecule has 1 heterocycles. The van der Waals surface area contributed by atoms with Crippen molar-refractivity contribution < 1.29 is 14.6 Å². The Labute approximate surface area is 115 Å². The molecule has 0 unspecified atom stereocenters. The number of likely N-dealkylation sites (tertiary alicyclic amines) is 1. The van der Waals surface area contributed by atoms with Crippen LogP contribution in [-0.4, -0.2) is 36.1 Å². The maximum Gasteiger partial charge on any atom is 0.134 e. The third-order valence-electron chi connectivity index (χ3n) is 3.64. The van der Waals surface area contributed by atoms with Gasteiger partial charge in [0.05, 0.1) is 6.61 Å². The molecule has 1 fully saturated rings. The van der Waals surface area contributed by atoms with Crippen LogP contribution < -0.4 is 10.5 Å². The van der Waals surface area contributed by atoms with E-state index < -0.39 is 0 Å². The van der Waals surface area contributed by atoms with Gasteiger partial charge in [0.2, 0.25) is 0 Å². The van der Waals surface area contributed by atoms with E-state index in [1.807, 2.05) is 18.2 Å². The van der Waals surface area contributed by atoms with E-state index in [0.717, 1.165) is 43.7 Å². The van der Waals surface area contributed by atoms with Crippen LogP contribution in [0.4, 0.5) is 0 Å². The van der Waals surface area contributed by atoms with Crippen molar-refractivity contribution in [3.63, 3.8) is 0 Å². The predicted octanol–water partition coefficient (Wildman–Crippen LogP) is 2.30. The van der Waals surface area contributed by atoms with E-state index >= 15 is 0 Å². The number of hydrogen-bond acceptors (Lipinski definition) is 3. The van der Waals surface area contributed by atoms with Gasteiger partial charge in [-0.3, -0.25) is 0 Å². The summed E-state index contributed by atoms with van der Waals surface area (Å²) in [4.78, 5) is 0. The zero-order chi connectivity index (χ0) is 13.6. The minimum absolute atomic E-state index is 0.173. The highest BCUT2D eigenvalue weighted by Gasteiger charge is 2.28. The molecular weight excluding hydrogens is 240 g/mol. The second kappa shape index (κ2) is 6.89. The number of piperidine rings is 1. The van der Waals surface area contributed by atoms with Crippen LogP contribution in [0.1, 0.15) is 31.2 Å². The molecule has 4 heteroatoms. The number of nitrogens with zero attached hydrogens (tertiary/aromatic N) is 1. The molecule has 0 spiro atoms. The number of quaternary nitrogens is 1. The molecule has 19 heavy (non-hydrogen) atoms. The van der Waals surface area contributed by atoms with Gasteiger partial charge in [-0.15, -0.1) is 0 Å². The molecule has 0 aromatic heterocycles. The van der Waals surface area contributed by atoms with Gasteiger partial charge >= 0.3 is 0 Å². The highest BCUT2D eigenvalue weighted by atomic mass is 16.5. The molecular formula is C15H25N2O2+. The third kappa shape index (κ3) is 4.49. The lowest BCUT2D eigenvalue weighted by Gasteiger charge is -2.33. The lowest BCUT2D eigenvalue weighted by molar-refractivity contribution is -1.12. The van der Waals surface area contributed by atoms with Crippen LogP contribution in [0.2, 0.25) is 0 Å². The van der Waals surface area contributed by atoms with Gasteiger partial charge in [0.1, 0.15) is 25.4 Å². The SMILES string of the molecule is NCCCOc1cccc(C[N+]2(O)CCCCC2)c1. The van der Waals surface area contributed by atoms with Crippen molar-refractivity contribution in [3.8, 4) is 5.75 Å². The van der Waals surface area contributed by atoms with Crippen LogP contribution in [0.15, 0.2) is 24.3 Å². The number of benzene rings is 1. The molecule has 1 aromatic carbocycles. The second-order valence-electron chi connectivity index (χ2n) is 5.40. The van der Waals surface area contributed by atoms with Crippen LogP contribution in [0.3, 0.4) is 0 Å². The van der Waals surface area contributed by atoms with E-state index in [9.17, 15) is 5.21 Å². The molecule has 4 nitrogen and oxygen atoms in total. The molecule has 0 atom stereocenters. The van der Waals surface area contributed by atoms with Crippen LogP contribution in [0.5, 0.6) is 5.75 Å². The Morgan fingerprint density at radius 2 is 2.00 bits per heavy atom. The number of ether oxygens (including phenoxy) is 1. The van der Waals surface area contributed by atoms with Crippen molar-refractivity contribution in [3.05, 3.63) is 29.8 Å². The Kier molecular flexibility index (Phi) is 5.19. The summed E-state index contributed by atoms with van der Waals surface area (Å²) in [5, 5.41) is 10.5. The fourth-order valence-electron chi connectivity index (χ4n) is 2.61. The summed E-state index contributed by atoms with van der Waals surface area (Å²) in [5.41, 5.74) is 6.58. The Morgan fingerprint density at radius 3 is 2.74 bits per heavy atom. The van der Waals surface area contributed by atoms with E-state index in [1.54, 1.807) is 0 Å². The average molecular weight is 265 g/mol. The lowest BCUT2D eigenvalue weighted by Crippen LogP contribution is -2.47. The van der Waals surface area contributed by atoms with Crippen LogP contribution in [-0.2, 0) is 6.54 Å². The predicted molar refractivity (Wildman–Crippen MR) is 74.9 cm³/mol. The minimum Gasteiger partial charge on any atom is -0.494 e.